The molecule has 1 aromatic heterocycles. The average molecular weight is 694 g/mol. The molecule has 1 fully saturated rings. The van der Waals surface area contributed by atoms with Crippen LogP contribution >= 0.6 is 0 Å². The standard InChI is InChI=1S/C42H55N5O4/c1-12-27(5)33-24-47(41(48)51-42(8,9)10)21-20-37(33)50-39-28(6)14-17-34-38(39)40(44-25-43-34)45-30-15-19-36(29(7)22-30)49-31-16-18-35(46(11)13-2)32(23-31)26(3)4/h13-19,22-23,25-27,33,37H,2,12,20-21,24H2,1,3-11H3,(H,43,44,45). The van der Waals surface area contributed by atoms with Crippen LogP contribution in [0, 0.1) is 25.7 Å². The summed E-state index contributed by atoms with van der Waals surface area (Å²) >= 11 is 0. The minimum atomic E-state index is -0.543. The largest absolute Gasteiger partial charge is 0.489 e. The second-order valence-electron chi connectivity index (χ2n) is 15.1. The molecular formula is C42H55N5O4. The number of rotatable bonds is 11. The van der Waals surface area contributed by atoms with Crippen LogP contribution in [-0.4, -0.2) is 52.8 Å². The normalized spacial score (nSPS) is 16.9. The maximum Gasteiger partial charge on any atom is 0.410 e. The number of ether oxygens (including phenoxy) is 3. The van der Waals surface area contributed by atoms with Gasteiger partial charge >= 0.3 is 6.09 Å². The Kier molecular flexibility index (Phi) is 11.5. The summed E-state index contributed by atoms with van der Waals surface area (Å²) in [6.07, 6.45) is 4.72. The van der Waals surface area contributed by atoms with Gasteiger partial charge in [-0.2, -0.15) is 0 Å². The van der Waals surface area contributed by atoms with E-state index in [0.717, 1.165) is 57.1 Å². The van der Waals surface area contributed by atoms with Crippen molar-refractivity contribution in [2.24, 2.45) is 11.8 Å². The summed E-state index contributed by atoms with van der Waals surface area (Å²) in [5.41, 5.74) is 5.42. The number of hydrogen-bond donors (Lipinski definition) is 1. The number of benzene rings is 3. The van der Waals surface area contributed by atoms with Gasteiger partial charge in [-0.25, -0.2) is 14.8 Å². The van der Waals surface area contributed by atoms with Gasteiger partial charge in [0.05, 0.1) is 10.9 Å². The number of hydrogen-bond acceptors (Lipinski definition) is 8. The summed E-state index contributed by atoms with van der Waals surface area (Å²) in [5, 5.41) is 4.38. The summed E-state index contributed by atoms with van der Waals surface area (Å²) in [6.45, 7) is 23.7. The first-order valence-electron chi connectivity index (χ1n) is 18.1. The molecule has 0 spiro atoms. The number of anilines is 3. The van der Waals surface area contributed by atoms with E-state index >= 15 is 0 Å². The fraction of sp³-hybridized carbons (Fsp3) is 0.452. The number of carbonyl (C=O) groups excluding carboxylic acids is 1. The van der Waals surface area contributed by atoms with Crippen LogP contribution in [0.2, 0.25) is 0 Å². The molecule has 1 N–H and O–H groups in total. The van der Waals surface area contributed by atoms with Crippen molar-refractivity contribution in [3.8, 4) is 17.2 Å². The number of nitrogens with one attached hydrogen (secondary N) is 1. The Bertz CT molecular complexity index is 1870. The highest BCUT2D eigenvalue weighted by atomic mass is 16.6. The van der Waals surface area contributed by atoms with Gasteiger partial charge in [0, 0.05) is 43.9 Å². The Morgan fingerprint density at radius 1 is 1.08 bits per heavy atom. The minimum Gasteiger partial charge on any atom is -0.489 e. The molecule has 4 aromatic rings. The second-order valence-corrected chi connectivity index (χ2v) is 15.1. The van der Waals surface area contributed by atoms with E-state index in [1.165, 1.54) is 5.56 Å². The fourth-order valence-electron chi connectivity index (χ4n) is 6.66. The van der Waals surface area contributed by atoms with E-state index < -0.39 is 5.60 Å². The molecule has 0 radical (unpaired) electrons. The van der Waals surface area contributed by atoms with Crippen molar-refractivity contribution in [2.45, 2.75) is 92.8 Å². The molecule has 0 aliphatic carbocycles. The number of aryl methyl sites for hydroxylation is 2. The molecule has 51 heavy (non-hydrogen) atoms. The molecule has 1 aliphatic heterocycles. The molecule has 5 rings (SSSR count). The van der Waals surface area contributed by atoms with Crippen molar-refractivity contribution >= 4 is 34.2 Å². The van der Waals surface area contributed by atoms with E-state index in [2.05, 4.69) is 69.7 Å². The zero-order chi connectivity index (χ0) is 37.0. The Morgan fingerprint density at radius 3 is 2.51 bits per heavy atom. The lowest BCUT2D eigenvalue weighted by atomic mass is 9.82. The first-order chi connectivity index (χ1) is 24.2. The number of piperidine rings is 1. The fourth-order valence-corrected chi connectivity index (χ4v) is 6.66. The third-order valence-corrected chi connectivity index (χ3v) is 9.78. The van der Waals surface area contributed by atoms with Crippen LogP contribution < -0.4 is 19.7 Å². The van der Waals surface area contributed by atoms with Crippen LogP contribution in [0.5, 0.6) is 17.2 Å². The summed E-state index contributed by atoms with van der Waals surface area (Å²) in [4.78, 5) is 26.2. The number of amides is 1. The van der Waals surface area contributed by atoms with Crippen molar-refractivity contribution in [3.05, 3.63) is 84.3 Å². The van der Waals surface area contributed by atoms with Gasteiger partial charge < -0.3 is 29.3 Å². The summed E-state index contributed by atoms with van der Waals surface area (Å²) < 4.78 is 19.1. The molecule has 0 bridgehead atoms. The maximum atomic E-state index is 13.0. The Hall–Kier alpha value is -4.79. The Morgan fingerprint density at radius 2 is 1.84 bits per heavy atom. The number of carbonyl (C=O) groups is 1. The number of fused-ring (bicyclic) bond motifs is 1. The third-order valence-electron chi connectivity index (χ3n) is 9.78. The molecule has 3 atom stereocenters. The number of aromatic nitrogens is 2. The van der Waals surface area contributed by atoms with Crippen LogP contribution in [0.1, 0.15) is 83.9 Å². The summed E-state index contributed by atoms with van der Waals surface area (Å²) in [5.74, 6) is 3.81. The quantitative estimate of drug-likeness (QED) is 0.166. The van der Waals surface area contributed by atoms with Gasteiger partial charge in [0.1, 0.15) is 41.1 Å². The smallest absolute Gasteiger partial charge is 0.410 e. The van der Waals surface area contributed by atoms with Crippen LogP contribution in [-0.2, 0) is 4.74 Å². The summed E-state index contributed by atoms with van der Waals surface area (Å²) in [6, 6.07) is 16.3. The molecule has 3 unspecified atom stereocenters. The van der Waals surface area contributed by atoms with Gasteiger partial charge in [-0.1, -0.05) is 46.8 Å². The molecule has 272 valence electrons. The predicted molar refractivity (Wildman–Crippen MR) is 208 cm³/mol. The van der Waals surface area contributed by atoms with Gasteiger partial charge in [-0.05, 0) is 112 Å². The zero-order valence-corrected chi connectivity index (χ0v) is 32.0. The molecule has 0 saturated carbocycles. The first-order valence-corrected chi connectivity index (χ1v) is 18.1. The van der Waals surface area contributed by atoms with E-state index in [-0.39, 0.29) is 18.1 Å². The molecule has 1 aliphatic rings. The maximum absolute atomic E-state index is 13.0. The topological polar surface area (TPSA) is 89.1 Å². The average Bonchev–Trinajstić information content (AvgIpc) is 3.09. The van der Waals surface area contributed by atoms with Crippen molar-refractivity contribution in [1.82, 2.24) is 14.9 Å². The highest BCUT2D eigenvalue weighted by Gasteiger charge is 2.37. The minimum absolute atomic E-state index is 0.0860. The van der Waals surface area contributed by atoms with Gasteiger partial charge in [0.25, 0.3) is 0 Å². The predicted octanol–water partition coefficient (Wildman–Crippen LogP) is 10.5. The van der Waals surface area contributed by atoms with Crippen molar-refractivity contribution in [3.63, 3.8) is 0 Å². The van der Waals surface area contributed by atoms with Gasteiger partial charge in [-0.3, -0.25) is 0 Å². The summed E-state index contributed by atoms with van der Waals surface area (Å²) in [7, 11) is 2.00. The van der Waals surface area contributed by atoms with Crippen LogP contribution in [0.15, 0.2) is 67.6 Å². The lowest BCUT2D eigenvalue weighted by molar-refractivity contribution is -0.0127. The third kappa shape index (κ3) is 8.75. The SMILES string of the molecule is C=CN(C)c1ccc(Oc2ccc(Nc3ncnc4ccc(C)c(OC5CCN(C(=O)OC(C)(C)C)CC5C(C)CC)c34)cc2C)cc1C(C)C. The van der Waals surface area contributed by atoms with Gasteiger partial charge in [-0.15, -0.1) is 0 Å². The molecule has 3 aromatic carbocycles. The molecule has 9 heteroatoms. The first kappa shape index (κ1) is 37.5. The van der Waals surface area contributed by atoms with Crippen LogP contribution in [0.4, 0.5) is 22.0 Å². The van der Waals surface area contributed by atoms with Crippen molar-refractivity contribution in [1.29, 1.82) is 0 Å². The highest BCUT2D eigenvalue weighted by Crippen LogP contribution is 2.39. The molecule has 1 saturated heterocycles. The molecule has 9 nitrogen and oxygen atoms in total. The molecule has 1 amide bonds. The monoisotopic (exact) mass is 693 g/mol. The van der Waals surface area contributed by atoms with E-state index in [9.17, 15) is 4.79 Å². The lowest BCUT2D eigenvalue weighted by Crippen LogP contribution is -2.51. The lowest BCUT2D eigenvalue weighted by Gasteiger charge is -2.41. The molecular weight excluding hydrogens is 638 g/mol. The Balaban J connectivity index is 1.40. The highest BCUT2D eigenvalue weighted by molar-refractivity contribution is 5.96. The van der Waals surface area contributed by atoms with E-state index in [1.54, 1.807) is 6.33 Å². The van der Waals surface area contributed by atoms with Crippen molar-refractivity contribution < 1.29 is 19.0 Å². The van der Waals surface area contributed by atoms with E-state index in [4.69, 9.17) is 19.2 Å². The van der Waals surface area contributed by atoms with Crippen LogP contribution in [0.25, 0.3) is 10.9 Å². The number of likely N-dealkylation sites (tertiary alicyclic amines) is 1. The van der Waals surface area contributed by atoms with Crippen LogP contribution in [0.3, 0.4) is 0 Å². The van der Waals surface area contributed by atoms with E-state index in [0.29, 0.717) is 37.2 Å². The van der Waals surface area contributed by atoms with E-state index in [1.807, 2.05) is 81.1 Å². The second kappa shape index (κ2) is 15.6. The Labute approximate surface area is 304 Å². The van der Waals surface area contributed by atoms with Crippen molar-refractivity contribution in [2.75, 3.05) is 30.4 Å². The van der Waals surface area contributed by atoms with Gasteiger partial charge in [0.15, 0.2) is 0 Å². The zero-order valence-electron chi connectivity index (χ0n) is 32.0. The number of nitrogens with zero attached hydrogens (tertiary/aromatic N) is 4. The molecule has 2 heterocycles. The van der Waals surface area contributed by atoms with Gasteiger partial charge in [0.2, 0.25) is 0 Å².